The molecule has 84 valence electrons. The molecule has 0 fully saturated rings. The Morgan fingerprint density at radius 2 is 1.94 bits per heavy atom. The average molecular weight is 218 g/mol. The molecule has 4 nitrogen and oxygen atoms in total. The quantitative estimate of drug-likeness (QED) is 0.690. The maximum Gasteiger partial charge on any atom is 0.286 e. The molecule has 2 rings (SSSR count). The first-order valence-corrected chi connectivity index (χ1v) is 5.28. The topological polar surface area (TPSA) is 51.0 Å². The van der Waals surface area contributed by atoms with Crippen molar-refractivity contribution in [3.8, 4) is 0 Å². The molecular formula is C12H14N2O2. The van der Waals surface area contributed by atoms with Crippen LogP contribution in [0.1, 0.15) is 31.2 Å². The lowest BCUT2D eigenvalue weighted by molar-refractivity contribution is -0.477. The minimum atomic E-state index is 0.0299. The van der Waals surface area contributed by atoms with Gasteiger partial charge < -0.3 is 9.94 Å². The molecule has 0 bridgehead atoms. The molecule has 0 saturated carbocycles. The van der Waals surface area contributed by atoms with E-state index in [2.05, 4.69) is 0 Å². The van der Waals surface area contributed by atoms with Gasteiger partial charge in [0, 0.05) is 16.9 Å². The Balaban J connectivity index is 3.01. The summed E-state index contributed by atoms with van der Waals surface area (Å²) in [5.74, 6) is 0.0299. The monoisotopic (exact) mass is 218 g/mol. The average Bonchev–Trinajstić information content (AvgIpc) is 2.26. The highest BCUT2D eigenvalue weighted by Gasteiger charge is 2.21. The second-order valence-corrected chi connectivity index (χ2v) is 4.20. The predicted octanol–water partition coefficient (Wildman–Crippen LogP) is 2.33. The van der Waals surface area contributed by atoms with E-state index in [1.54, 1.807) is 31.2 Å². The summed E-state index contributed by atoms with van der Waals surface area (Å²) in [6, 6.07) is 6.84. The Hall–Kier alpha value is -1.84. The van der Waals surface area contributed by atoms with E-state index in [0.717, 1.165) is 9.16 Å². The van der Waals surface area contributed by atoms with Crippen LogP contribution in [0.5, 0.6) is 0 Å². The molecule has 1 aromatic heterocycles. The van der Waals surface area contributed by atoms with Crippen molar-refractivity contribution >= 4 is 11.0 Å². The van der Waals surface area contributed by atoms with Gasteiger partial charge in [-0.15, -0.1) is 0 Å². The molecule has 0 saturated heterocycles. The van der Waals surface area contributed by atoms with Crippen molar-refractivity contribution in [2.24, 2.45) is 0 Å². The fourth-order valence-corrected chi connectivity index (χ4v) is 2.02. The zero-order chi connectivity index (χ0) is 11.9. The number of fused-ring (bicyclic) bond motifs is 1. The summed E-state index contributed by atoms with van der Waals surface area (Å²) in [4.78, 5) is 12.1. The zero-order valence-electron chi connectivity index (χ0n) is 9.60. The summed E-state index contributed by atoms with van der Waals surface area (Å²) in [5, 5.41) is 12.0. The van der Waals surface area contributed by atoms with Gasteiger partial charge in [0.05, 0.1) is 10.1 Å². The van der Waals surface area contributed by atoms with Crippen LogP contribution in [0, 0.1) is 17.0 Å². The molecule has 0 aliphatic heterocycles. The van der Waals surface area contributed by atoms with Gasteiger partial charge in [0.15, 0.2) is 0 Å². The van der Waals surface area contributed by atoms with Crippen LogP contribution in [0.4, 0.5) is 0 Å². The first-order valence-electron chi connectivity index (χ1n) is 5.28. The van der Waals surface area contributed by atoms with E-state index >= 15 is 0 Å². The molecule has 0 N–H and O–H groups in total. The van der Waals surface area contributed by atoms with Crippen LogP contribution in [0.25, 0.3) is 11.0 Å². The van der Waals surface area contributed by atoms with Crippen molar-refractivity contribution in [2.75, 3.05) is 0 Å². The van der Waals surface area contributed by atoms with Gasteiger partial charge >= 0.3 is 0 Å². The summed E-state index contributed by atoms with van der Waals surface area (Å²) < 4.78 is 1.70. The fraction of sp³-hybridized carbons (Fsp3) is 0.333. The number of nitrogens with zero attached hydrogens (tertiary/aromatic N) is 2. The largest absolute Gasteiger partial charge is 0.805 e. The normalized spacial score (nSPS) is 11.2. The van der Waals surface area contributed by atoms with Crippen molar-refractivity contribution < 1.29 is 4.43 Å². The summed E-state index contributed by atoms with van der Waals surface area (Å²) >= 11 is 0. The van der Waals surface area contributed by atoms with E-state index in [1.807, 2.05) is 13.8 Å². The minimum Gasteiger partial charge on any atom is -0.805 e. The van der Waals surface area contributed by atoms with Crippen molar-refractivity contribution in [3.05, 3.63) is 45.8 Å². The second kappa shape index (κ2) is 3.63. The van der Waals surface area contributed by atoms with Gasteiger partial charge in [0.25, 0.3) is 11.2 Å². The fourth-order valence-electron chi connectivity index (χ4n) is 2.02. The lowest BCUT2D eigenvalue weighted by atomic mass is 10.1. The number of hydrogen-bond donors (Lipinski definition) is 0. The van der Waals surface area contributed by atoms with Crippen LogP contribution in [0.15, 0.2) is 24.3 Å². The molecule has 0 unspecified atom stereocenters. The molecule has 0 amide bonds. The molecule has 2 aromatic rings. The third-order valence-corrected chi connectivity index (χ3v) is 2.76. The van der Waals surface area contributed by atoms with Crippen LogP contribution in [0.3, 0.4) is 0 Å². The molecule has 0 atom stereocenters. The number of rotatable bonds is 1. The number of benzene rings is 1. The van der Waals surface area contributed by atoms with E-state index in [-0.39, 0.29) is 5.92 Å². The molecule has 0 radical (unpaired) electrons. The van der Waals surface area contributed by atoms with Gasteiger partial charge in [-0.3, -0.25) is 0 Å². The Morgan fingerprint density at radius 1 is 1.31 bits per heavy atom. The Kier molecular flexibility index (Phi) is 2.42. The summed E-state index contributed by atoms with van der Waals surface area (Å²) in [7, 11) is 0. The van der Waals surface area contributed by atoms with E-state index in [0.29, 0.717) is 22.4 Å². The van der Waals surface area contributed by atoms with E-state index < -0.39 is 0 Å². The molecule has 1 aromatic carbocycles. The van der Waals surface area contributed by atoms with Gasteiger partial charge in [-0.2, -0.15) is 0 Å². The molecule has 0 aliphatic carbocycles. The molecule has 0 spiro atoms. The molecule has 16 heavy (non-hydrogen) atoms. The lowest BCUT2D eigenvalue weighted by Crippen LogP contribution is -2.27. The van der Waals surface area contributed by atoms with Crippen LogP contribution >= 0.6 is 0 Å². The maximum atomic E-state index is 12.1. The Labute approximate surface area is 93.3 Å². The molecule has 0 aliphatic rings. The SMILES string of the molecule is Cc1c(C(C)C)[n+](=O)c2ccccc2n1[O-]. The van der Waals surface area contributed by atoms with Crippen LogP contribution in [-0.4, -0.2) is 4.73 Å². The van der Waals surface area contributed by atoms with Crippen LogP contribution in [-0.2, 0) is 0 Å². The highest BCUT2D eigenvalue weighted by Crippen LogP contribution is 2.18. The summed E-state index contributed by atoms with van der Waals surface area (Å²) in [6.07, 6.45) is 0. The van der Waals surface area contributed by atoms with Crippen LogP contribution in [0.2, 0.25) is 0 Å². The highest BCUT2D eigenvalue weighted by atomic mass is 16.5. The Morgan fingerprint density at radius 3 is 2.56 bits per heavy atom. The molecular weight excluding hydrogens is 204 g/mol. The van der Waals surface area contributed by atoms with Gasteiger partial charge in [-0.05, 0) is 13.0 Å². The molecule has 4 heteroatoms. The standard InChI is InChI=1S/C12H14N2O2/c1-8(2)12-9(3)13(15)10-6-4-5-7-11(10)14(12)16/h4-8H,1-3H3. The first-order chi connectivity index (χ1) is 7.54. The second-order valence-electron chi connectivity index (χ2n) is 4.20. The minimum absolute atomic E-state index is 0.0299. The number of hydrogen-bond acceptors (Lipinski definition) is 2. The first kappa shape index (κ1) is 10.7. The maximum absolute atomic E-state index is 12.1. The van der Waals surface area contributed by atoms with Gasteiger partial charge in [0.1, 0.15) is 5.52 Å². The summed E-state index contributed by atoms with van der Waals surface area (Å²) in [6.45, 7) is 5.50. The van der Waals surface area contributed by atoms with Gasteiger partial charge in [-0.25, -0.2) is 0 Å². The molecule has 1 heterocycles. The Bertz CT molecular complexity index is 600. The zero-order valence-corrected chi connectivity index (χ0v) is 9.60. The van der Waals surface area contributed by atoms with E-state index in [4.69, 9.17) is 0 Å². The third-order valence-electron chi connectivity index (χ3n) is 2.76. The highest BCUT2D eigenvalue weighted by molar-refractivity contribution is 5.72. The van der Waals surface area contributed by atoms with Crippen molar-refractivity contribution in [1.29, 1.82) is 0 Å². The van der Waals surface area contributed by atoms with E-state index in [9.17, 15) is 10.1 Å². The van der Waals surface area contributed by atoms with E-state index in [1.165, 1.54) is 0 Å². The third kappa shape index (κ3) is 1.38. The predicted molar refractivity (Wildman–Crippen MR) is 62.9 cm³/mol. The number of para-hydroxylation sites is 2. The van der Waals surface area contributed by atoms with Gasteiger partial charge in [-0.1, -0.05) is 26.0 Å². The van der Waals surface area contributed by atoms with Crippen molar-refractivity contribution in [1.82, 2.24) is 4.73 Å². The summed E-state index contributed by atoms with van der Waals surface area (Å²) in [5.41, 5.74) is 1.85. The van der Waals surface area contributed by atoms with Crippen molar-refractivity contribution in [3.63, 3.8) is 0 Å². The number of aromatic nitrogens is 2. The van der Waals surface area contributed by atoms with Gasteiger partial charge in [0.2, 0.25) is 0 Å². The van der Waals surface area contributed by atoms with Crippen LogP contribution < -0.4 is 4.43 Å². The smallest absolute Gasteiger partial charge is 0.286 e. The lowest BCUT2D eigenvalue weighted by Gasteiger charge is -2.17. The van der Waals surface area contributed by atoms with Crippen molar-refractivity contribution in [2.45, 2.75) is 26.7 Å².